The summed E-state index contributed by atoms with van der Waals surface area (Å²) in [5, 5.41) is 9.62. The van der Waals surface area contributed by atoms with Crippen molar-refractivity contribution in [2.24, 2.45) is 0 Å². The molecule has 1 N–H and O–H groups in total. The summed E-state index contributed by atoms with van der Waals surface area (Å²) in [6.07, 6.45) is 0.197. The molecule has 1 aromatic rings. The van der Waals surface area contributed by atoms with Crippen LogP contribution in [0.4, 0.5) is 4.79 Å². The van der Waals surface area contributed by atoms with E-state index in [9.17, 15) is 24.3 Å². The lowest BCUT2D eigenvalue weighted by molar-refractivity contribution is -0.146. The Morgan fingerprint density at radius 1 is 1.25 bits per heavy atom. The maximum absolute atomic E-state index is 13.3. The van der Waals surface area contributed by atoms with E-state index in [4.69, 9.17) is 4.74 Å². The van der Waals surface area contributed by atoms with Gasteiger partial charge in [-0.1, -0.05) is 6.08 Å². The van der Waals surface area contributed by atoms with Gasteiger partial charge in [-0.05, 0) is 44.0 Å². The Kier molecular flexibility index (Phi) is 6.56. The molecule has 8 heteroatoms. The number of methoxy groups -OCH3 is 1. The topological polar surface area (TPSA) is 104 Å². The molecule has 1 heterocycles. The SMILES string of the molecule is C=CCC1(CCC(C)=O)C(=O)N(C(=O)c2ccc(OC)cc2)CCN1C(=O)O. The molecule has 8 nitrogen and oxygen atoms in total. The van der Waals surface area contributed by atoms with Gasteiger partial charge in [-0.25, -0.2) is 4.79 Å². The molecule has 150 valence electrons. The van der Waals surface area contributed by atoms with Crippen molar-refractivity contribution in [3.63, 3.8) is 0 Å². The smallest absolute Gasteiger partial charge is 0.408 e. The molecule has 0 saturated carbocycles. The van der Waals surface area contributed by atoms with Crippen molar-refractivity contribution in [2.45, 2.75) is 31.7 Å². The van der Waals surface area contributed by atoms with Gasteiger partial charge in [0.1, 0.15) is 17.1 Å². The van der Waals surface area contributed by atoms with E-state index in [1.165, 1.54) is 20.1 Å². The summed E-state index contributed by atoms with van der Waals surface area (Å²) < 4.78 is 5.07. The van der Waals surface area contributed by atoms with Gasteiger partial charge in [0.2, 0.25) is 0 Å². The Hall–Kier alpha value is -3.16. The van der Waals surface area contributed by atoms with E-state index < -0.39 is 23.4 Å². The van der Waals surface area contributed by atoms with Crippen molar-refractivity contribution < 1.29 is 29.0 Å². The number of ketones is 1. The summed E-state index contributed by atoms with van der Waals surface area (Å²) in [4.78, 5) is 51.6. The maximum Gasteiger partial charge on any atom is 0.408 e. The summed E-state index contributed by atoms with van der Waals surface area (Å²) >= 11 is 0. The van der Waals surface area contributed by atoms with Crippen molar-refractivity contribution in [3.8, 4) is 5.75 Å². The molecule has 2 rings (SSSR count). The van der Waals surface area contributed by atoms with Crippen LogP contribution in [0.5, 0.6) is 5.75 Å². The van der Waals surface area contributed by atoms with Gasteiger partial charge >= 0.3 is 6.09 Å². The first-order chi connectivity index (χ1) is 13.3. The second kappa shape index (κ2) is 8.69. The molecule has 1 fully saturated rings. The van der Waals surface area contributed by atoms with Crippen LogP contribution in [0, 0.1) is 0 Å². The van der Waals surface area contributed by atoms with Crippen LogP contribution in [0.25, 0.3) is 0 Å². The number of imide groups is 1. The fourth-order valence-electron chi connectivity index (χ4n) is 3.41. The van der Waals surface area contributed by atoms with Crippen molar-refractivity contribution in [2.75, 3.05) is 20.2 Å². The molecule has 3 amide bonds. The molecule has 0 spiro atoms. The number of carboxylic acid groups (broad SMARTS) is 1. The van der Waals surface area contributed by atoms with Crippen LogP contribution in [0.3, 0.4) is 0 Å². The first kappa shape index (κ1) is 21.1. The van der Waals surface area contributed by atoms with Gasteiger partial charge in [0.25, 0.3) is 11.8 Å². The first-order valence-corrected chi connectivity index (χ1v) is 8.88. The minimum Gasteiger partial charge on any atom is -0.497 e. The largest absolute Gasteiger partial charge is 0.497 e. The number of benzene rings is 1. The zero-order valence-corrected chi connectivity index (χ0v) is 16.0. The highest BCUT2D eigenvalue weighted by atomic mass is 16.5. The van der Waals surface area contributed by atoms with Crippen LogP contribution in [0.15, 0.2) is 36.9 Å². The highest BCUT2D eigenvalue weighted by Gasteiger charge is 2.52. The molecule has 0 aliphatic carbocycles. The van der Waals surface area contributed by atoms with E-state index in [-0.39, 0.29) is 43.7 Å². The van der Waals surface area contributed by atoms with Crippen molar-refractivity contribution in [3.05, 3.63) is 42.5 Å². The second-order valence-electron chi connectivity index (χ2n) is 6.65. The van der Waals surface area contributed by atoms with Gasteiger partial charge in [0.15, 0.2) is 0 Å². The van der Waals surface area contributed by atoms with Crippen molar-refractivity contribution in [1.82, 2.24) is 9.80 Å². The summed E-state index contributed by atoms with van der Waals surface area (Å²) in [6.45, 7) is 4.91. The van der Waals surface area contributed by atoms with Crippen molar-refractivity contribution >= 4 is 23.7 Å². The molecule has 0 aromatic heterocycles. The highest BCUT2D eigenvalue weighted by molar-refractivity contribution is 6.08. The number of hydrogen-bond donors (Lipinski definition) is 1. The zero-order valence-electron chi connectivity index (χ0n) is 16.0. The maximum atomic E-state index is 13.3. The third-order valence-corrected chi connectivity index (χ3v) is 4.89. The Morgan fingerprint density at radius 3 is 2.39 bits per heavy atom. The van der Waals surface area contributed by atoms with E-state index in [1.54, 1.807) is 24.3 Å². The standard InChI is InChI=1S/C20H24N2O6/c1-4-10-20(11-9-14(2)23)18(25)21(12-13-22(20)19(26)27)17(24)15-5-7-16(28-3)8-6-15/h4-8H,1,9-13H2,2-3H3,(H,26,27). The van der Waals surface area contributed by atoms with Gasteiger partial charge in [-0.3, -0.25) is 19.4 Å². The number of Topliss-reactive ketones (excluding diaryl/α,β-unsaturated/α-hetero) is 1. The Labute approximate surface area is 163 Å². The molecule has 1 atom stereocenters. The van der Waals surface area contributed by atoms with Crippen LogP contribution in [-0.2, 0) is 9.59 Å². The second-order valence-corrected chi connectivity index (χ2v) is 6.65. The van der Waals surface area contributed by atoms with Gasteiger partial charge in [-0.15, -0.1) is 6.58 Å². The molecule has 1 aliphatic rings. The highest BCUT2D eigenvalue weighted by Crippen LogP contribution is 2.33. The monoisotopic (exact) mass is 388 g/mol. The average molecular weight is 388 g/mol. The number of piperazine rings is 1. The number of ether oxygens (including phenoxy) is 1. The summed E-state index contributed by atoms with van der Waals surface area (Å²) in [6, 6.07) is 6.31. The van der Waals surface area contributed by atoms with E-state index >= 15 is 0 Å². The van der Waals surface area contributed by atoms with Crippen molar-refractivity contribution in [1.29, 1.82) is 0 Å². The number of amides is 3. The quantitative estimate of drug-likeness (QED) is 0.568. The van der Waals surface area contributed by atoms with Gasteiger partial charge < -0.3 is 14.6 Å². The Balaban J connectivity index is 2.40. The lowest BCUT2D eigenvalue weighted by atomic mass is 9.83. The van der Waals surface area contributed by atoms with Gasteiger partial charge in [0, 0.05) is 25.1 Å². The number of rotatable bonds is 7. The molecule has 1 saturated heterocycles. The van der Waals surface area contributed by atoms with E-state index in [0.717, 1.165) is 9.80 Å². The fourth-order valence-corrected chi connectivity index (χ4v) is 3.41. The lowest BCUT2D eigenvalue weighted by Crippen LogP contribution is -2.68. The normalized spacial score (nSPS) is 19.3. The van der Waals surface area contributed by atoms with E-state index in [0.29, 0.717) is 5.75 Å². The third kappa shape index (κ3) is 4.05. The molecule has 0 radical (unpaired) electrons. The molecule has 28 heavy (non-hydrogen) atoms. The molecular weight excluding hydrogens is 364 g/mol. The average Bonchev–Trinajstić information content (AvgIpc) is 2.67. The summed E-state index contributed by atoms with van der Waals surface area (Å²) in [7, 11) is 1.50. The number of carbonyl (C=O) groups is 4. The first-order valence-electron chi connectivity index (χ1n) is 8.88. The van der Waals surface area contributed by atoms with Gasteiger partial charge in [0.05, 0.1) is 7.11 Å². The predicted molar refractivity (Wildman–Crippen MR) is 101 cm³/mol. The number of hydrogen-bond acceptors (Lipinski definition) is 5. The predicted octanol–water partition coefficient (Wildman–Crippen LogP) is 2.34. The fraction of sp³-hybridized carbons (Fsp3) is 0.400. The molecule has 1 unspecified atom stereocenters. The van der Waals surface area contributed by atoms with E-state index in [1.807, 2.05) is 0 Å². The van der Waals surface area contributed by atoms with Crippen LogP contribution in [0.1, 0.15) is 36.5 Å². The van der Waals surface area contributed by atoms with Crippen LogP contribution in [0.2, 0.25) is 0 Å². The van der Waals surface area contributed by atoms with Crippen LogP contribution in [-0.4, -0.2) is 64.3 Å². The molecular formula is C20H24N2O6. The molecule has 0 bridgehead atoms. The summed E-state index contributed by atoms with van der Waals surface area (Å²) in [5.74, 6) is -0.752. The van der Waals surface area contributed by atoms with Crippen LogP contribution < -0.4 is 4.74 Å². The summed E-state index contributed by atoms with van der Waals surface area (Å²) in [5.41, 5.74) is -1.24. The zero-order chi connectivity index (χ0) is 20.9. The minimum atomic E-state index is -1.53. The van der Waals surface area contributed by atoms with E-state index in [2.05, 4.69) is 6.58 Å². The lowest BCUT2D eigenvalue weighted by Gasteiger charge is -2.47. The Bertz CT molecular complexity index is 788. The minimum absolute atomic E-state index is 0.00806. The number of nitrogens with zero attached hydrogens (tertiary/aromatic N) is 2. The van der Waals surface area contributed by atoms with Crippen LogP contribution >= 0.6 is 0 Å². The third-order valence-electron chi connectivity index (χ3n) is 4.89. The Morgan fingerprint density at radius 2 is 1.89 bits per heavy atom. The molecule has 1 aromatic carbocycles. The van der Waals surface area contributed by atoms with Gasteiger partial charge in [-0.2, -0.15) is 0 Å². The molecule has 1 aliphatic heterocycles. The number of carbonyl (C=O) groups excluding carboxylic acids is 3.